The predicted molar refractivity (Wildman–Crippen MR) is 139 cm³/mol. The summed E-state index contributed by atoms with van der Waals surface area (Å²) in [6.07, 6.45) is 1.71. The van der Waals surface area contributed by atoms with E-state index in [-0.39, 0.29) is 17.7 Å². The molecule has 1 saturated heterocycles. The van der Waals surface area contributed by atoms with Crippen LogP contribution in [0.25, 0.3) is 6.08 Å². The standard InChI is InChI=1S/C27H24BrNO4S/c1-17-7-6-9-19(11-17)15-29-26(30)24(34-27(29)31)14-20-12-22(28)25(23(13-20)32-3)33-16-21-10-5-4-8-18(21)2/h4-14H,15-16H2,1-3H3/b24-14-. The second-order valence-electron chi connectivity index (χ2n) is 8.01. The molecule has 0 bridgehead atoms. The summed E-state index contributed by atoms with van der Waals surface area (Å²) in [5.41, 5.74) is 4.97. The SMILES string of the molecule is COc1cc(/C=C2\SC(=O)N(Cc3cccc(C)c3)C2=O)cc(Br)c1OCc1ccccc1C. The lowest BCUT2D eigenvalue weighted by Gasteiger charge is -2.15. The number of methoxy groups -OCH3 is 1. The maximum absolute atomic E-state index is 13.0. The number of rotatable bonds is 7. The smallest absolute Gasteiger partial charge is 0.293 e. The molecule has 7 heteroatoms. The highest BCUT2D eigenvalue weighted by Gasteiger charge is 2.35. The normalized spacial score (nSPS) is 14.7. The Morgan fingerprint density at radius 1 is 1.03 bits per heavy atom. The molecule has 0 spiro atoms. The molecular formula is C27H24BrNO4S. The van der Waals surface area contributed by atoms with Crippen LogP contribution in [0.2, 0.25) is 0 Å². The molecule has 1 aliphatic heterocycles. The first-order chi connectivity index (χ1) is 16.4. The van der Waals surface area contributed by atoms with Crippen molar-refractivity contribution < 1.29 is 19.1 Å². The number of benzene rings is 3. The first-order valence-corrected chi connectivity index (χ1v) is 12.3. The van der Waals surface area contributed by atoms with Gasteiger partial charge in [-0.05, 0) is 82.0 Å². The van der Waals surface area contributed by atoms with Crippen LogP contribution in [0.4, 0.5) is 4.79 Å². The maximum Gasteiger partial charge on any atom is 0.293 e. The maximum atomic E-state index is 13.0. The van der Waals surface area contributed by atoms with Crippen molar-refractivity contribution in [1.29, 1.82) is 0 Å². The number of imide groups is 1. The minimum atomic E-state index is -0.300. The first kappa shape index (κ1) is 24.1. The quantitative estimate of drug-likeness (QED) is 0.307. The summed E-state index contributed by atoms with van der Waals surface area (Å²) in [5, 5.41) is -0.276. The van der Waals surface area contributed by atoms with Gasteiger partial charge in [-0.1, -0.05) is 54.1 Å². The first-order valence-electron chi connectivity index (χ1n) is 10.7. The molecule has 0 unspecified atom stereocenters. The molecule has 3 aromatic rings. The number of carbonyl (C=O) groups excluding carboxylic acids is 2. The van der Waals surface area contributed by atoms with Gasteiger partial charge in [0.05, 0.1) is 23.0 Å². The van der Waals surface area contributed by atoms with E-state index in [1.54, 1.807) is 19.3 Å². The summed E-state index contributed by atoms with van der Waals surface area (Å²) in [5.74, 6) is 0.815. The fourth-order valence-corrected chi connectivity index (χ4v) is 5.08. The molecule has 34 heavy (non-hydrogen) atoms. The summed E-state index contributed by atoms with van der Waals surface area (Å²) in [7, 11) is 1.57. The molecule has 4 rings (SSSR count). The van der Waals surface area contributed by atoms with E-state index in [1.807, 2.05) is 68.4 Å². The van der Waals surface area contributed by atoms with Gasteiger partial charge < -0.3 is 9.47 Å². The van der Waals surface area contributed by atoms with Crippen LogP contribution in [0.5, 0.6) is 11.5 Å². The van der Waals surface area contributed by atoms with Gasteiger partial charge in [0.1, 0.15) is 6.61 Å². The van der Waals surface area contributed by atoms with Crippen molar-refractivity contribution in [2.75, 3.05) is 7.11 Å². The Balaban J connectivity index is 1.54. The largest absolute Gasteiger partial charge is 0.493 e. The fourth-order valence-electron chi connectivity index (χ4n) is 3.67. The lowest BCUT2D eigenvalue weighted by Crippen LogP contribution is -2.27. The number of hydrogen-bond donors (Lipinski definition) is 0. The third-order valence-electron chi connectivity index (χ3n) is 5.48. The highest BCUT2D eigenvalue weighted by molar-refractivity contribution is 9.10. The zero-order chi connectivity index (χ0) is 24.2. The summed E-state index contributed by atoms with van der Waals surface area (Å²) in [6.45, 7) is 4.68. The Hall–Kier alpha value is -3.03. The fraction of sp³-hybridized carbons (Fsp3) is 0.185. The topological polar surface area (TPSA) is 55.8 Å². The predicted octanol–water partition coefficient (Wildman–Crippen LogP) is 6.89. The van der Waals surface area contributed by atoms with Crippen LogP contribution in [0.3, 0.4) is 0 Å². The van der Waals surface area contributed by atoms with E-state index >= 15 is 0 Å². The summed E-state index contributed by atoms with van der Waals surface area (Å²) in [6, 6.07) is 19.5. The second kappa shape index (κ2) is 10.5. The van der Waals surface area contributed by atoms with Gasteiger partial charge in [0.15, 0.2) is 11.5 Å². The zero-order valence-electron chi connectivity index (χ0n) is 19.1. The molecule has 0 N–H and O–H groups in total. The highest BCUT2D eigenvalue weighted by atomic mass is 79.9. The Labute approximate surface area is 211 Å². The number of amides is 2. The van der Waals surface area contributed by atoms with Crippen molar-refractivity contribution >= 4 is 44.9 Å². The van der Waals surface area contributed by atoms with Crippen molar-refractivity contribution in [3.63, 3.8) is 0 Å². The number of hydrogen-bond acceptors (Lipinski definition) is 5. The number of thioether (sulfide) groups is 1. The average molecular weight is 538 g/mol. The minimum absolute atomic E-state index is 0.252. The summed E-state index contributed by atoms with van der Waals surface area (Å²) >= 11 is 4.51. The summed E-state index contributed by atoms with van der Waals surface area (Å²) in [4.78, 5) is 27.1. The van der Waals surface area contributed by atoms with E-state index in [0.717, 1.165) is 39.6 Å². The van der Waals surface area contributed by atoms with Crippen LogP contribution in [0.1, 0.15) is 27.8 Å². The monoisotopic (exact) mass is 537 g/mol. The van der Waals surface area contributed by atoms with Gasteiger partial charge in [-0.15, -0.1) is 0 Å². The molecule has 0 atom stereocenters. The lowest BCUT2D eigenvalue weighted by atomic mass is 10.1. The zero-order valence-corrected chi connectivity index (χ0v) is 21.5. The van der Waals surface area contributed by atoms with Gasteiger partial charge >= 0.3 is 0 Å². The van der Waals surface area contributed by atoms with Gasteiger partial charge in [-0.25, -0.2) is 0 Å². The van der Waals surface area contributed by atoms with Crippen LogP contribution in [-0.2, 0) is 17.9 Å². The number of carbonyl (C=O) groups is 2. The van der Waals surface area contributed by atoms with E-state index in [0.29, 0.717) is 27.5 Å². The van der Waals surface area contributed by atoms with Crippen molar-refractivity contribution in [2.24, 2.45) is 0 Å². The van der Waals surface area contributed by atoms with E-state index in [9.17, 15) is 9.59 Å². The highest BCUT2D eigenvalue weighted by Crippen LogP contribution is 2.39. The van der Waals surface area contributed by atoms with E-state index in [4.69, 9.17) is 9.47 Å². The number of ether oxygens (including phenoxy) is 2. The van der Waals surface area contributed by atoms with Gasteiger partial charge in [-0.2, -0.15) is 0 Å². The molecule has 1 aliphatic rings. The molecule has 0 saturated carbocycles. The van der Waals surface area contributed by atoms with E-state index in [1.165, 1.54) is 4.90 Å². The van der Waals surface area contributed by atoms with Crippen molar-refractivity contribution in [3.8, 4) is 11.5 Å². The molecule has 5 nitrogen and oxygen atoms in total. The molecular weight excluding hydrogens is 514 g/mol. The molecule has 2 amide bonds. The van der Waals surface area contributed by atoms with E-state index < -0.39 is 0 Å². The van der Waals surface area contributed by atoms with Crippen molar-refractivity contribution in [2.45, 2.75) is 27.0 Å². The number of aryl methyl sites for hydroxylation is 2. The molecule has 3 aromatic carbocycles. The summed E-state index contributed by atoms with van der Waals surface area (Å²) < 4.78 is 12.3. The average Bonchev–Trinajstić information content (AvgIpc) is 3.06. The van der Waals surface area contributed by atoms with Crippen molar-refractivity contribution in [3.05, 3.63) is 97.9 Å². The van der Waals surface area contributed by atoms with Crippen LogP contribution in [0, 0.1) is 13.8 Å². The van der Waals surface area contributed by atoms with Gasteiger partial charge in [0.2, 0.25) is 0 Å². The molecule has 1 heterocycles. The van der Waals surface area contributed by atoms with Gasteiger partial charge in [0.25, 0.3) is 11.1 Å². The minimum Gasteiger partial charge on any atom is -0.493 e. The van der Waals surface area contributed by atoms with Crippen LogP contribution in [0.15, 0.2) is 70.0 Å². The Morgan fingerprint density at radius 3 is 2.56 bits per heavy atom. The van der Waals surface area contributed by atoms with Gasteiger partial charge in [0, 0.05) is 0 Å². The van der Waals surface area contributed by atoms with Gasteiger partial charge in [-0.3, -0.25) is 14.5 Å². The second-order valence-corrected chi connectivity index (χ2v) is 9.85. The van der Waals surface area contributed by atoms with Crippen LogP contribution in [-0.4, -0.2) is 23.2 Å². The number of halogens is 1. The van der Waals surface area contributed by atoms with Crippen LogP contribution < -0.4 is 9.47 Å². The van der Waals surface area contributed by atoms with E-state index in [2.05, 4.69) is 15.9 Å². The number of nitrogens with zero attached hydrogens (tertiary/aromatic N) is 1. The molecule has 0 aliphatic carbocycles. The molecule has 174 valence electrons. The molecule has 0 aromatic heterocycles. The molecule has 1 fully saturated rings. The van der Waals surface area contributed by atoms with Crippen molar-refractivity contribution in [1.82, 2.24) is 4.90 Å². The molecule has 0 radical (unpaired) electrons. The Morgan fingerprint density at radius 2 is 1.82 bits per heavy atom. The Bertz CT molecular complexity index is 1290. The van der Waals surface area contributed by atoms with Crippen LogP contribution >= 0.6 is 27.7 Å². The third-order valence-corrected chi connectivity index (χ3v) is 6.98. The third kappa shape index (κ3) is 5.37. The lowest BCUT2D eigenvalue weighted by molar-refractivity contribution is -0.123. The Kier molecular flexibility index (Phi) is 7.44.